The van der Waals surface area contributed by atoms with Crippen LogP contribution >= 0.6 is 0 Å². The van der Waals surface area contributed by atoms with Gasteiger partial charge in [-0.1, -0.05) is 36.4 Å². The SMILES string of the molecule is c1ccc(COc2ccc(Nc3ccnc(NCc4cccnc4)n3)cc2)cc1. The molecule has 29 heavy (non-hydrogen) atoms. The third-order valence-electron chi connectivity index (χ3n) is 4.20. The van der Waals surface area contributed by atoms with Crippen molar-refractivity contribution in [3.8, 4) is 5.75 Å². The van der Waals surface area contributed by atoms with Gasteiger partial charge in [-0.05, 0) is 47.5 Å². The smallest absolute Gasteiger partial charge is 0.224 e. The Labute approximate surface area is 169 Å². The Morgan fingerprint density at radius 3 is 2.41 bits per heavy atom. The molecule has 0 spiro atoms. The molecule has 0 saturated carbocycles. The Balaban J connectivity index is 1.33. The first-order chi connectivity index (χ1) is 14.3. The molecule has 2 N–H and O–H groups in total. The molecule has 6 heteroatoms. The Bertz CT molecular complexity index is 1020. The van der Waals surface area contributed by atoms with E-state index in [0.29, 0.717) is 24.9 Å². The molecule has 0 unspecified atom stereocenters. The van der Waals surface area contributed by atoms with Crippen molar-refractivity contribution in [1.82, 2.24) is 15.0 Å². The fourth-order valence-electron chi connectivity index (χ4n) is 2.72. The second-order valence-corrected chi connectivity index (χ2v) is 6.40. The van der Waals surface area contributed by atoms with Crippen LogP contribution in [0.15, 0.2) is 91.4 Å². The third kappa shape index (κ3) is 5.52. The van der Waals surface area contributed by atoms with Crippen molar-refractivity contribution >= 4 is 17.5 Å². The van der Waals surface area contributed by atoms with Gasteiger partial charge < -0.3 is 15.4 Å². The van der Waals surface area contributed by atoms with Gasteiger partial charge in [0.2, 0.25) is 5.95 Å². The van der Waals surface area contributed by atoms with E-state index >= 15 is 0 Å². The molecule has 0 amide bonds. The molecule has 0 radical (unpaired) electrons. The first kappa shape index (κ1) is 18.4. The first-order valence-corrected chi connectivity index (χ1v) is 9.35. The van der Waals surface area contributed by atoms with Gasteiger partial charge in [-0.15, -0.1) is 0 Å². The summed E-state index contributed by atoms with van der Waals surface area (Å²) in [5.41, 5.74) is 3.14. The minimum Gasteiger partial charge on any atom is -0.489 e. The van der Waals surface area contributed by atoms with Crippen molar-refractivity contribution in [1.29, 1.82) is 0 Å². The number of hydrogen-bond donors (Lipinski definition) is 2. The van der Waals surface area contributed by atoms with Crippen LogP contribution < -0.4 is 15.4 Å². The second-order valence-electron chi connectivity index (χ2n) is 6.40. The number of ether oxygens (including phenoxy) is 1. The molecule has 4 aromatic rings. The lowest BCUT2D eigenvalue weighted by Crippen LogP contribution is -2.05. The Hall–Kier alpha value is -3.93. The highest BCUT2D eigenvalue weighted by Gasteiger charge is 2.02. The van der Waals surface area contributed by atoms with E-state index in [-0.39, 0.29) is 0 Å². The van der Waals surface area contributed by atoms with Crippen LogP contribution in [0.5, 0.6) is 5.75 Å². The maximum Gasteiger partial charge on any atom is 0.224 e. The molecule has 144 valence electrons. The Morgan fingerprint density at radius 2 is 1.62 bits per heavy atom. The van der Waals surface area contributed by atoms with Crippen molar-refractivity contribution < 1.29 is 4.74 Å². The van der Waals surface area contributed by atoms with E-state index in [0.717, 1.165) is 22.6 Å². The van der Waals surface area contributed by atoms with Crippen molar-refractivity contribution in [2.24, 2.45) is 0 Å². The number of rotatable bonds is 8. The molecular weight excluding hydrogens is 362 g/mol. The number of pyridine rings is 1. The van der Waals surface area contributed by atoms with Gasteiger partial charge in [-0.2, -0.15) is 4.98 Å². The van der Waals surface area contributed by atoms with E-state index < -0.39 is 0 Å². The molecular formula is C23H21N5O. The van der Waals surface area contributed by atoms with Crippen LogP contribution in [-0.4, -0.2) is 15.0 Å². The summed E-state index contributed by atoms with van der Waals surface area (Å²) in [7, 11) is 0. The molecule has 2 heterocycles. The predicted molar refractivity (Wildman–Crippen MR) is 114 cm³/mol. The molecule has 0 bridgehead atoms. The lowest BCUT2D eigenvalue weighted by atomic mass is 10.2. The summed E-state index contributed by atoms with van der Waals surface area (Å²) in [4.78, 5) is 12.9. The summed E-state index contributed by atoms with van der Waals surface area (Å²) in [5.74, 6) is 2.09. The molecule has 2 aromatic heterocycles. The normalized spacial score (nSPS) is 10.3. The first-order valence-electron chi connectivity index (χ1n) is 9.35. The highest BCUT2D eigenvalue weighted by Crippen LogP contribution is 2.20. The summed E-state index contributed by atoms with van der Waals surface area (Å²) in [6.45, 7) is 1.16. The molecule has 0 aliphatic rings. The third-order valence-corrected chi connectivity index (χ3v) is 4.20. The van der Waals surface area contributed by atoms with Crippen molar-refractivity contribution in [3.63, 3.8) is 0 Å². The zero-order valence-corrected chi connectivity index (χ0v) is 15.8. The van der Waals surface area contributed by atoms with Gasteiger partial charge in [0.05, 0.1) is 0 Å². The quantitative estimate of drug-likeness (QED) is 0.455. The van der Waals surface area contributed by atoms with Crippen LogP contribution in [-0.2, 0) is 13.2 Å². The number of benzene rings is 2. The van der Waals surface area contributed by atoms with Gasteiger partial charge >= 0.3 is 0 Å². The number of nitrogens with zero attached hydrogens (tertiary/aromatic N) is 3. The number of nitrogens with one attached hydrogen (secondary N) is 2. The highest BCUT2D eigenvalue weighted by atomic mass is 16.5. The van der Waals surface area contributed by atoms with Gasteiger partial charge in [0, 0.05) is 30.8 Å². The van der Waals surface area contributed by atoms with Crippen molar-refractivity contribution in [2.75, 3.05) is 10.6 Å². The molecule has 0 fully saturated rings. The number of hydrogen-bond acceptors (Lipinski definition) is 6. The van der Waals surface area contributed by atoms with Crippen molar-refractivity contribution in [2.45, 2.75) is 13.2 Å². The highest BCUT2D eigenvalue weighted by molar-refractivity contribution is 5.57. The van der Waals surface area contributed by atoms with Gasteiger partial charge in [0.25, 0.3) is 0 Å². The van der Waals surface area contributed by atoms with Crippen LogP contribution in [0.25, 0.3) is 0 Å². The molecule has 2 aromatic carbocycles. The van der Waals surface area contributed by atoms with E-state index in [9.17, 15) is 0 Å². The van der Waals surface area contributed by atoms with E-state index in [2.05, 4.69) is 25.6 Å². The molecule has 0 aliphatic carbocycles. The van der Waals surface area contributed by atoms with Gasteiger partial charge in [0.15, 0.2) is 0 Å². The van der Waals surface area contributed by atoms with Crippen LogP contribution in [0.3, 0.4) is 0 Å². The summed E-state index contributed by atoms with van der Waals surface area (Å²) in [5, 5.41) is 6.49. The van der Waals surface area contributed by atoms with Gasteiger partial charge in [-0.25, -0.2) is 4.98 Å². The standard InChI is InChI=1S/C23H21N5O/c1-2-5-18(6-3-1)17-29-21-10-8-20(9-11-21)27-22-12-14-25-23(28-22)26-16-19-7-4-13-24-15-19/h1-15H,16-17H2,(H2,25,26,27,28). The maximum absolute atomic E-state index is 5.82. The summed E-state index contributed by atoms with van der Waals surface area (Å²) >= 11 is 0. The van der Waals surface area contributed by atoms with Crippen LogP contribution in [0.2, 0.25) is 0 Å². The Morgan fingerprint density at radius 1 is 0.793 bits per heavy atom. The lowest BCUT2D eigenvalue weighted by molar-refractivity contribution is 0.306. The van der Waals surface area contributed by atoms with E-state index in [4.69, 9.17) is 4.74 Å². The molecule has 4 rings (SSSR count). The van der Waals surface area contributed by atoms with E-state index in [1.807, 2.05) is 79.0 Å². The van der Waals surface area contributed by atoms with Crippen molar-refractivity contribution in [3.05, 3.63) is 103 Å². The lowest BCUT2D eigenvalue weighted by Gasteiger charge is -2.10. The number of anilines is 3. The zero-order valence-electron chi connectivity index (χ0n) is 15.8. The molecule has 0 aliphatic heterocycles. The minimum atomic E-state index is 0.547. The predicted octanol–water partition coefficient (Wildman–Crippen LogP) is 4.81. The van der Waals surface area contributed by atoms with Crippen LogP contribution in [0.1, 0.15) is 11.1 Å². The van der Waals surface area contributed by atoms with Crippen LogP contribution in [0, 0.1) is 0 Å². The fraction of sp³-hybridized carbons (Fsp3) is 0.0870. The Kier molecular flexibility index (Phi) is 5.93. The topological polar surface area (TPSA) is 72.0 Å². The summed E-state index contributed by atoms with van der Waals surface area (Å²) in [6, 6.07) is 23.6. The molecule has 0 atom stereocenters. The summed E-state index contributed by atoms with van der Waals surface area (Å²) < 4.78 is 5.82. The van der Waals surface area contributed by atoms with Gasteiger partial charge in [0.1, 0.15) is 18.2 Å². The monoisotopic (exact) mass is 383 g/mol. The van der Waals surface area contributed by atoms with Crippen LogP contribution in [0.4, 0.5) is 17.5 Å². The second kappa shape index (κ2) is 9.32. The molecule has 0 saturated heterocycles. The minimum absolute atomic E-state index is 0.547. The average molecular weight is 383 g/mol. The summed E-state index contributed by atoms with van der Waals surface area (Å²) in [6.07, 6.45) is 5.29. The number of aromatic nitrogens is 3. The van der Waals surface area contributed by atoms with Gasteiger partial charge in [-0.3, -0.25) is 4.98 Å². The maximum atomic E-state index is 5.82. The molecule has 6 nitrogen and oxygen atoms in total. The largest absolute Gasteiger partial charge is 0.489 e. The van der Waals surface area contributed by atoms with E-state index in [1.54, 1.807) is 12.4 Å². The fourth-order valence-corrected chi connectivity index (χ4v) is 2.72. The average Bonchev–Trinajstić information content (AvgIpc) is 2.79. The van der Waals surface area contributed by atoms with E-state index in [1.165, 1.54) is 0 Å². The zero-order chi connectivity index (χ0) is 19.7.